The Morgan fingerprint density at radius 1 is 1.18 bits per heavy atom. The van der Waals surface area contributed by atoms with E-state index >= 15 is 0 Å². The molecule has 0 rings (SSSR count). The molecule has 0 fully saturated rings. The summed E-state index contributed by atoms with van der Waals surface area (Å²) >= 11 is 0. The molecule has 0 radical (unpaired) electrons. The minimum atomic E-state index is -0.713. The molecule has 0 amide bonds. The number of carboxylic acid groups (broad SMARTS) is 1. The summed E-state index contributed by atoms with van der Waals surface area (Å²) in [5, 5.41) is 9.03. The van der Waals surface area contributed by atoms with Gasteiger partial charge in [0.2, 0.25) is 0 Å². The van der Waals surface area contributed by atoms with E-state index in [1.165, 1.54) is 0 Å². The van der Waals surface area contributed by atoms with E-state index in [0.717, 1.165) is 25.9 Å². The van der Waals surface area contributed by atoms with Gasteiger partial charge in [-0.15, -0.1) is 0 Å². The number of ether oxygens (including phenoxy) is 1. The summed E-state index contributed by atoms with van der Waals surface area (Å²) in [5.74, 6) is -0.357. The van der Waals surface area contributed by atoms with Crippen LogP contribution in [0.15, 0.2) is 0 Å². The van der Waals surface area contributed by atoms with E-state index in [1.807, 2.05) is 0 Å². The van der Waals surface area contributed by atoms with Gasteiger partial charge in [0.25, 0.3) is 0 Å². The predicted molar refractivity (Wildman–Crippen MR) is 68.9 cm³/mol. The number of nitrogens with two attached hydrogens (primary N) is 1. The third-order valence-corrected chi connectivity index (χ3v) is 2.81. The van der Waals surface area contributed by atoms with E-state index in [2.05, 4.69) is 13.8 Å². The first-order valence-electron chi connectivity index (χ1n) is 6.58. The average molecular weight is 245 g/mol. The molecule has 0 aliphatic rings. The molecule has 0 aliphatic carbocycles. The van der Waals surface area contributed by atoms with Crippen molar-refractivity contribution >= 4 is 5.97 Å². The van der Waals surface area contributed by atoms with Gasteiger partial charge in [-0.25, -0.2) is 0 Å². The van der Waals surface area contributed by atoms with Gasteiger partial charge >= 0.3 is 5.97 Å². The maximum atomic E-state index is 11.0. The summed E-state index contributed by atoms with van der Waals surface area (Å²) in [6.45, 7) is 6.21. The number of carboxylic acids is 1. The Morgan fingerprint density at radius 2 is 1.82 bits per heavy atom. The van der Waals surface area contributed by atoms with Gasteiger partial charge in [0.05, 0.1) is 5.92 Å². The fourth-order valence-corrected chi connectivity index (χ4v) is 1.57. The number of aliphatic carboxylic acids is 1. The number of hydrogen-bond acceptors (Lipinski definition) is 3. The fourth-order valence-electron chi connectivity index (χ4n) is 1.57. The normalized spacial score (nSPS) is 12.9. The van der Waals surface area contributed by atoms with Crippen LogP contribution in [-0.2, 0) is 9.53 Å². The number of rotatable bonds is 11. The Balaban J connectivity index is 3.59. The zero-order valence-corrected chi connectivity index (χ0v) is 11.2. The van der Waals surface area contributed by atoms with Gasteiger partial charge in [0, 0.05) is 13.2 Å². The van der Waals surface area contributed by atoms with Crippen LogP contribution in [0.5, 0.6) is 0 Å². The van der Waals surface area contributed by atoms with E-state index in [-0.39, 0.29) is 5.92 Å². The van der Waals surface area contributed by atoms with Crippen LogP contribution in [0, 0.1) is 11.8 Å². The summed E-state index contributed by atoms with van der Waals surface area (Å²) in [5.41, 5.74) is 5.39. The van der Waals surface area contributed by atoms with E-state index < -0.39 is 5.97 Å². The summed E-state index contributed by atoms with van der Waals surface area (Å²) in [4.78, 5) is 11.0. The topological polar surface area (TPSA) is 72.5 Å². The smallest absolute Gasteiger partial charge is 0.306 e. The highest BCUT2D eigenvalue weighted by molar-refractivity contribution is 5.69. The molecule has 17 heavy (non-hydrogen) atoms. The van der Waals surface area contributed by atoms with Crippen molar-refractivity contribution in [1.29, 1.82) is 0 Å². The Labute approximate surface area is 105 Å². The molecule has 4 nitrogen and oxygen atoms in total. The second kappa shape index (κ2) is 10.5. The highest BCUT2D eigenvalue weighted by Gasteiger charge is 2.16. The van der Waals surface area contributed by atoms with Crippen molar-refractivity contribution in [3.05, 3.63) is 0 Å². The number of hydrogen-bond donors (Lipinski definition) is 2. The summed E-state index contributed by atoms with van der Waals surface area (Å²) in [6.07, 6.45) is 4.14. The van der Waals surface area contributed by atoms with Crippen molar-refractivity contribution < 1.29 is 14.6 Å². The lowest BCUT2D eigenvalue weighted by atomic mass is 9.99. The van der Waals surface area contributed by atoms with Crippen LogP contribution in [0.4, 0.5) is 0 Å². The van der Waals surface area contributed by atoms with E-state index in [1.54, 1.807) is 0 Å². The maximum absolute atomic E-state index is 11.0. The first kappa shape index (κ1) is 16.4. The van der Waals surface area contributed by atoms with Gasteiger partial charge in [-0.3, -0.25) is 4.79 Å². The average Bonchev–Trinajstić information content (AvgIpc) is 2.25. The maximum Gasteiger partial charge on any atom is 0.306 e. The predicted octanol–water partition coefficient (Wildman–Crippen LogP) is 2.27. The molecule has 0 aromatic heterocycles. The first-order chi connectivity index (χ1) is 8.07. The molecule has 102 valence electrons. The molecule has 0 aliphatic heterocycles. The third-order valence-electron chi connectivity index (χ3n) is 2.81. The molecule has 4 heteroatoms. The molecular weight excluding hydrogens is 218 g/mol. The van der Waals surface area contributed by atoms with E-state index in [0.29, 0.717) is 31.9 Å². The Bertz CT molecular complexity index is 195. The van der Waals surface area contributed by atoms with Crippen LogP contribution in [0.1, 0.15) is 46.0 Å². The quantitative estimate of drug-likeness (QED) is 0.548. The zero-order valence-electron chi connectivity index (χ0n) is 11.2. The van der Waals surface area contributed by atoms with Gasteiger partial charge in [0.1, 0.15) is 0 Å². The van der Waals surface area contributed by atoms with Gasteiger partial charge in [-0.2, -0.15) is 0 Å². The summed E-state index contributed by atoms with van der Waals surface area (Å²) in [6, 6.07) is 0. The molecule has 1 atom stereocenters. The molecular formula is C13H27NO3. The second-order valence-electron chi connectivity index (χ2n) is 4.90. The molecule has 0 spiro atoms. The van der Waals surface area contributed by atoms with E-state index in [9.17, 15) is 4.79 Å². The second-order valence-corrected chi connectivity index (χ2v) is 4.90. The summed E-state index contributed by atoms with van der Waals surface area (Å²) in [7, 11) is 0. The molecule has 0 aromatic carbocycles. The Morgan fingerprint density at radius 3 is 2.35 bits per heavy atom. The lowest BCUT2D eigenvalue weighted by molar-refractivity contribution is -0.142. The van der Waals surface area contributed by atoms with Crippen molar-refractivity contribution in [2.45, 2.75) is 46.0 Å². The standard InChI is InChI=1S/C13H27NO3/c1-11(2)6-9-17-10-7-12(13(15)16)5-3-4-8-14/h11-12H,3-10,14H2,1-2H3,(H,15,16). The Hall–Kier alpha value is -0.610. The largest absolute Gasteiger partial charge is 0.481 e. The van der Waals surface area contributed by atoms with Crippen LogP contribution >= 0.6 is 0 Å². The molecule has 3 N–H and O–H groups in total. The van der Waals surface area contributed by atoms with Crippen LogP contribution in [0.25, 0.3) is 0 Å². The lowest BCUT2D eigenvalue weighted by Crippen LogP contribution is -2.17. The third kappa shape index (κ3) is 10.3. The number of carbonyl (C=O) groups is 1. The molecule has 0 saturated heterocycles. The van der Waals surface area contributed by atoms with Gasteiger partial charge in [-0.1, -0.05) is 20.3 Å². The van der Waals surface area contributed by atoms with Crippen molar-refractivity contribution in [3.8, 4) is 0 Å². The molecule has 0 aromatic rings. The van der Waals surface area contributed by atoms with Crippen molar-refractivity contribution in [2.75, 3.05) is 19.8 Å². The van der Waals surface area contributed by atoms with Crippen LogP contribution in [-0.4, -0.2) is 30.8 Å². The van der Waals surface area contributed by atoms with Crippen molar-refractivity contribution in [1.82, 2.24) is 0 Å². The minimum absolute atomic E-state index is 0.277. The van der Waals surface area contributed by atoms with Gasteiger partial charge < -0.3 is 15.6 Å². The van der Waals surface area contributed by atoms with Crippen LogP contribution < -0.4 is 5.73 Å². The highest BCUT2D eigenvalue weighted by Crippen LogP contribution is 2.13. The first-order valence-corrected chi connectivity index (χ1v) is 6.58. The van der Waals surface area contributed by atoms with Crippen LogP contribution in [0.3, 0.4) is 0 Å². The molecule has 0 heterocycles. The fraction of sp³-hybridized carbons (Fsp3) is 0.923. The molecule has 0 bridgehead atoms. The van der Waals surface area contributed by atoms with Crippen molar-refractivity contribution in [3.63, 3.8) is 0 Å². The van der Waals surface area contributed by atoms with Crippen molar-refractivity contribution in [2.24, 2.45) is 17.6 Å². The highest BCUT2D eigenvalue weighted by atomic mass is 16.5. The van der Waals surface area contributed by atoms with Crippen LogP contribution in [0.2, 0.25) is 0 Å². The zero-order chi connectivity index (χ0) is 13.1. The molecule has 1 unspecified atom stereocenters. The van der Waals surface area contributed by atoms with Gasteiger partial charge in [-0.05, 0) is 38.1 Å². The Kier molecular flexibility index (Phi) is 10.2. The van der Waals surface area contributed by atoms with Gasteiger partial charge in [0.15, 0.2) is 0 Å². The molecule has 0 saturated carbocycles. The monoisotopic (exact) mass is 245 g/mol. The summed E-state index contributed by atoms with van der Waals surface area (Å²) < 4.78 is 5.44. The SMILES string of the molecule is CC(C)CCOCCC(CCCCN)C(=O)O. The number of unbranched alkanes of at least 4 members (excludes halogenated alkanes) is 1. The lowest BCUT2D eigenvalue weighted by Gasteiger charge is -2.12. The van der Waals surface area contributed by atoms with E-state index in [4.69, 9.17) is 15.6 Å². The minimum Gasteiger partial charge on any atom is -0.481 e.